The van der Waals surface area contributed by atoms with Crippen LogP contribution in [0.3, 0.4) is 0 Å². The van der Waals surface area contributed by atoms with Gasteiger partial charge in [0.1, 0.15) is 6.29 Å². The normalized spacial score (nSPS) is 40.7. The molecule has 0 bridgehead atoms. The van der Waals surface area contributed by atoms with E-state index in [0.29, 0.717) is 0 Å². The number of nitrogens with zero attached hydrogens (tertiary/aromatic N) is 1. The predicted octanol–water partition coefficient (Wildman–Crippen LogP) is 2.39. The maximum Gasteiger partial charge on any atom is 0.123 e. The molecule has 3 heteroatoms. The van der Waals surface area contributed by atoms with Gasteiger partial charge in [0.25, 0.3) is 0 Å². The molecule has 0 saturated heterocycles. The quantitative estimate of drug-likeness (QED) is 0.627. The van der Waals surface area contributed by atoms with Gasteiger partial charge in [0.2, 0.25) is 0 Å². The summed E-state index contributed by atoms with van der Waals surface area (Å²) in [4.78, 5) is 13.4. The van der Waals surface area contributed by atoms with Crippen molar-refractivity contribution in [3.63, 3.8) is 0 Å². The Kier molecular flexibility index (Phi) is 4.17. The van der Waals surface area contributed by atoms with Gasteiger partial charge in [-0.05, 0) is 52.6 Å². The zero-order chi connectivity index (χ0) is 14.1. The SMILES string of the molecule is CN(C)CC/C=C1\CC[C@]2(C)[C@@H](C=O)CC[C@]2(O)C1. The van der Waals surface area contributed by atoms with Gasteiger partial charge in [-0.1, -0.05) is 18.6 Å². The second-order valence-electron chi connectivity index (χ2n) is 6.86. The van der Waals surface area contributed by atoms with Gasteiger partial charge in [-0.3, -0.25) is 0 Å². The lowest BCUT2D eigenvalue weighted by molar-refractivity contribution is -0.123. The monoisotopic (exact) mass is 265 g/mol. The molecule has 0 radical (unpaired) electrons. The molecule has 0 heterocycles. The highest BCUT2D eigenvalue weighted by Crippen LogP contribution is 2.58. The molecule has 2 fully saturated rings. The Morgan fingerprint density at radius 2 is 2.16 bits per heavy atom. The maximum atomic E-state index is 11.2. The van der Waals surface area contributed by atoms with Crippen molar-refractivity contribution in [2.24, 2.45) is 11.3 Å². The molecule has 2 rings (SSSR count). The van der Waals surface area contributed by atoms with E-state index in [-0.39, 0.29) is 11.3 Å². The Balaban J connectivity index is 2.05. The Morgan fingerprint density at radius 3 is 2.79 bits per heavy atom. The van der Waals surface area contributed by atoms with E-state index >= 15 is 0 Å². The lowest BCUT2D eigenvalue weighted by atomic mass is 9.62. The van der Waals surface area contributed by atoms with Gasteiger partial charge >= 0.3 is 0 Å². The van der Waals surface area contributed by atoms with Crippen LogP contribution in [0, 0.1) is 11.3 Å². The van der Waals surface area contributed by atoms with Crippen LogP contribution in [0.5, 0.6) is 0 Å². The minimum Gasteiger partial charge on any atom is -0.389 e. The highest BCUT2D eigenvalue weighted by molar-refractivity contribution is 5.57. The van der Waals surface area contributed by atoms with Crippen molar-refractivity contribution in [1.82, 2.24) is 4.90 Å². The van der Waals surface area contributed by atoms with Crippen molar-refractivity contribution >= 4 is 6.29 Å². The summed E-state index contributed by atoms with van der Waals surface area (Å²) in [5, 5.41) is 10.9. The van der Waals surface area contributed by atoms with Crippen LogP contribution in [0.15, 0.2) is 11.6 Å². The molecular weight excluding hydrogens is 238 g/mol. The van der Waals surface area contributed by atoms with Crippen molar-refractivity contribution in [3.05, 3.63) is 11.6 Å². The Hall–Kier alpha value is -0.670. The van der Waals surface area contributed by atoms with Crippen LogP contribution in [0.4, 0.5) is 0 Å². The number of hydrogen-bond donors (Lipinski definition) is 1. The van der Waals surface area contributed by atoms with E-state index < -0.39 is 5.60 Å². The second kappa shape index (κ2) is 5.37. The molecule has 3 atom stereocenters. The molecule has 0 aromatic carbocycles. The maximum absolute atomic E-state index is 11.2. The average Bonchev–Trinajstić information content (AvgIpc) is 2.60. The first-order valence-corrected chi connectivity index (χ1v) is 7.41. The summed E-state index contributed by atoms with van der Waals surface area (Å²) in [6.07, 6.45) is 8.79. The zero-order valence-electron chi connectivity index (χ0n) is 12.5. The molecule has 3 nitrogen and oxygen atoms in total. The molecule has 2 aliphatic carbocycles. The molecule has 0 aromatic rings. The van der Waals surface area contributed by atoms with E-state index in [1.807, 2.05) is 0 Å². The summed E-state index contributed by atoms with van der Waals surface area (Å²) in [7, 11) is 4.16. The lowest BCUT2D eigenvalue weighted by Gasteiger charge is -2.46. The number of fused-ring (bicyclic) bond motifs is 1. The summed E-state index contributed by atoms with van der Waals surface area (Å²) < 4.78 is 0. The molecular formula is C16H27NO2. The van der Waals surface area contributed by atoms with Crippen molar-refractivity contribution in [2.45, 2.75) is 51.0 Å². The number of aliphatic hydroxyl groups is 1. The van der Waals surface area contributed by atoms with Gasteiger partial charge in [-0.2, -0.15) is 0 Å². The highest BCUT2D eigenvalue weighted by Gasteiger charge is 2.57. The Morgan fingerprint density at radius 1 is 1.42 bits per heavy atom. The first kappa shape index (κ1) is 14.7. The minimum absolute atomic E-state index is 0.0424. The van der Waals surface area contributed by atoms with Crippen molar-refractivity contribution in [2.75, 3.05) is 20.6 Å². The molecule has 19 heavy (non-hydrogen) atoms. The summed E-state index contributed by atoms with van der Waals surface area (Å²) in [5.74, 6) is 0.0424. The third kappa shape index (κ3) is 2.63. The molecule has 1 N–H and O–H groups in total. The molecule has 0 aliphatic heterocycles. The molecule has 0 aromatic heterocycles. The standard InChI is InChI=1S/C16H27NO2/c1-15-8-6-13(5-4-10-17(2)3)11-16(15,19)9-7-14(15)12-18/h5,12,14,19H,4,6-11H2,1-3H3/b13-5+/t14-,15-,16+/m1/s1. The topological polar surface area (TPSA) is 40.5 Å². The number of hydrogen-bond acceptors (Lipinski definition) is 3. The van der Waals surface area contributed by atoms with Gasteiger partial charge in [-0.25, -0.2) is 0 Å². The minimum atomic E-state index is -0.652. The highest BCUT2D eigenvalue weighted by atomic mass is 16.3. The molecule has 0 spiro atoms. The fourth-order valence-corrected chi connectivity index (χ4v) is 3.86. The molecule has 108 valence electrons. The number of rotatable bonds is 4. The van der Waals surface area contributed by atoms with Crippen molar-refractivity contribution in [3.8, 4) is 0 Å². The lowest BCUT2D eigenvalue weighted by Crippen LogP contribution is -2.48. The van der Waals surface area contributed by atoms with Crippen LogP contribution in [-0.4, -0.2) is 42.5 Å². The second-order valence-corrected chi connectivity index (χ2v) is 6.86. The summed E-state index contributed by atoms with van der Waals surface area (Å²) in [6, 6.07) is 0. The largest absolute Gasteiger partial charge is 0.389 e. The van der Waals surface area contributed by atoms with Crippen molar-refractivity contribution in [1.29, 1.82) is 0 Å². The zero-order valence-corrected chi connectivity index (χ0v) is 12.5. The average molecular weight is 265 g/mol. The third-order valence-electron chi connectivity index (χ3n) is 5.41. The number of aldehydes is 1. The van der Waals surface area contributed by atoms with E-state index in [1.165, 1.54) is 5.57 Å². The van der Waals surface area contributed by atoms with E-state index in [4.69, 9.17) is 0 Å². The van der Waals surface area contributed by atoms with E-state index in [0.717, 1.165) is 51.4 Å². The summed E-state index contributed by atoms with van der Waals surface area (Å²) >= 11 is 0. The Labute approximate surface area is 116 Å². The van der Waals surface area contributed by atoms with Crippen LogP contribution in [0.2, 0.25) is 0 Å². The summed E-state index contributed by atoms with van der Waals surface area (Å²) in [5.41, 5.74) is 0.530. The van der Waals surface area contributed by atoms with Crippen molar-refractivity contribution < 1.29 is 9.90 Å². The fourth-order valence-electron chi connectivity index (χ4n) is 3.86. The van der Waals surface area contributed by atoms with Crippen LogP contribution in [0.25, 0.3) is 0 Å². The van der Waals surface area contributed by atoms with Gasteiger partial charge in [-0.15, -0.1) is 0 Å². The molecule has 0 unspecified atom stereocenters. The summed E-state index contributed by atoms with van der Waals surface area (Å²) in [6.45, 7) is 3.16. The van der Waals surface area contributed by atoms with Gasteiger partial charge in [0.15, 0.2) is 0 Å². The molecule has 0 amide bonds. The van der Waals surface area contributed by atoms with E-state index in [9.17, 15) is 9.90 Å². The van der Waals surface area contributed by atoms with Gasteiger partial charge in [0.05, 0.1) is 5.60 Å². The van der Waals surface area contributed by atoms with Crippen LogP contribution in [0.1, 0.15) is 45.4 Å². The molecule has 2 saturated carbocycles. The number of carbonyl (C=O) groups excluding carboxylic acids is 1. The first-order valence-electron chi connectivity index (χ1n) is 7.41. The fraction of sp³-hybridized carbons (Fsp3) is 0.812. The third-order valence-corrected chi connectivity index (χ3v) is 5.41. The van der Waals surface area contributed by atoms with Crippen LogP contribution >= 0.6 is 0 Å². The van der Waals surface area contributed by atoms with E-state index in [2.05, 4.69) is 32.0 Å². The van der Waals surface area contributed by atoms with Gasteiger partial charge in [0, 0.05) is 17.9 Å². The predicted molar refractivity (Wildman–Crippen MR) is 76.9 cm³/mol. The van der Waals surface area contributed by atoms with Gasteiger partial charge < -0.3 is 14.8 Å². The first-order chi connectivity index (χ1) is 8.91. The van der Waals surface area contributed by atoms with Crippen LogP contribution in [-0.2, 0) is 4.79 Å². The Bertz CT molecular complexity index is 377. The van der Waals surface area contributed by atoms with E-state index in [1.54, 1.807) is 0 Å². The smallest absolute Gasteiger partial charge is 0.123 e. The van der Waals surface area contributed by atoms with Crippen LogP contribution < -0.4 is 0 Å². The number of carbonyl (C=O) groups is 1. The molecule has 2 aliphatic rings.